The molecule has 0 atom stereocenters. The quantitative estimate of drug-likeness (QED) is 0.559. The van der Waals surface area contributed by atoms with Gasteiger partial charge < -0.3 is 10.8 Å². The molecule has 0 aliphatic rings. The molecule has 5 heteroatoms. The molecule has 0 heterocycles. The van der Waals surface area contributed by atoms with E-state index in [1.807, 2.05) is 5.32 Å². The Morgan fingerprint density at radius 2 is 2.25 bits per heavy atom. The van der Waals surface area contributed by atoms with Crippen LogP contribution in [0.15, 0.2) is 18.2 Å². The van der Waals surface area contributed by atoms with Crippen LogP contribution in [-0.2, 0) is 0 Å². The van der Waals surface area contributed by atoms with Gasteiger partial charge in [0.2, 0.25) is 0 Å². The van der Waals surface area contributed by atoms with Crippen molar-refractivity contribution in [3.8, 4) is 0 Å². The Kier molecular flexibility index (Phi) is 2.14. The molecule has 0 unspecified atom stereocenters. The van der Waals surface area contributed by atoms with E-state index in [1.54, 1.807) is 0 Å². The van der Waals surface area contributed by atoms with Crippen molar-refractivity contribution < 1.29 is 14.3 Å². The van der Waals surface area contributed by atoms with E-state index in [0.29, 0.717) is 0 Å². The summed E-state index contributed by atoms with van der Waals surface area (Å²) in [6.45, 7) is 0. The molecule has 1 aromatic carbocycles. The third-order valence-corrected chi connectivity index (χ3v) is 1.27. The monoisotopic (exact) mass is 170 g/mol. The highest BCUT2D eigenvalue weighted by Gasteiger charge is 2.06. The van der Waals surface area contributed by atoms with Gasteiger partial charge in [0.15, 0.2) is 5.82 Å². The third-order valence-electron chi connectivity index (χ3n) is 1.27. The van der Waals surface area contributed by atoms with E-state index < -0.39 is 11.9 Å². The van der Waals surface area contributed by atoms with Gasteiger partial charge in [-0.05, 0) is 12.1 Å². The molecule has 0 fully saturated rings. The number of nitrogen functional groups attached to an aromatic ring is 1. The van der Waals surface area contributed by atoms with E-state index in [-0.39, 0.29) is 11.4 Å². The fourth-order valence-electron chi connectivity index (χ4n) is 0.762. The zero-order valence-corrected chi connectivity index (χ0v) is 6.04. The summed E-state index contributed by atoms with van der Waals surface area (Å²) in [4.78, 5) is 10.1. The van der Waals surface area contributed by atoms with Gasteiger partial charge in [-0.3, -0.25) is 5.32 Å². The van der Waals surface area contributed by atoms with Crippen molar-refractivity contribution in [2.24, 2.45) is 0 Å². The summed E-state index contributed by atoms with van der Waals surface area (Å²) < 4.78 is 12.9. The lowest BCUT2D eigenvalue weighted by atomic mass is 10.2. The lowest BCUT2D eigenvalue weighted by Gasteiger charge is -2.03. The molecule has 0 aliphatic carbocycles. The summed E-state index contributed by atoms with van der Waals surface area (Å²) in [7, 11) is 0. The number of carbonyl (C=O) groups is 1. The van der Waals surface area contributed by atoms with Gasteiger partial charge in [0, 0.05) is 0 Å². The fraction of sp³-hybridized carbons (Fsp3) is 0. The second-order valence-electron chi connectivity index (χ2n) is 2.14. The number of hydrogen-bond donors (Lipinski definition) is 3. The second kappa shape index (κ2) is 3.08. The van der Waals surface area contributed by atoms with Crippen LogP contribution in [0.2, 0.25) is 0 Å². The Bertz CT molecular complexity index is 314. The van der Waals surface area contributed by atoms with Crippen LogP contribution in [0.1, 0.15) is 0 Å². The molecule has 0 saturated carbocycles. The number of anilines is 2. The van der Waals surface area contributed by atoms with Crippen molar-refractivity contribution in [2.45, 2.75) is 0 Å². The Labute approximate surface area is 67.8 Å². The topological polar surface area (TPSA) is 75.3 Å². The number of amides is 1. The zero-order valence-electron chi connectivity index (χ0n) is 6.04. The second-order valence-corrected chi connectivity index (χ2v) is 2.14. The molecule has 1 amide bonds. The molecule has 0 saturated heterocycles. The van der Waals surface area contributed by atoms with Crippen molar-refractivity contribution in [1.82, 2.24) is 0 Å². The average molecular weight is 170 g/mol. The van der Waals surface area contributed by atoms with E-state index in [9.17, 15) is 9.18 Å². The van der Waals surface area contributed by atoms with Crippen LogP contribution in [0.25, 0.3) is 0 Å². The maximum absolute atomic E-state index is 12.9. The van der Waals surface area contributed by atoms with Gasteiger partial charge in [0.1, 0.15) is 0 Å². The van der Waals surface area contributed by atoms with Crippen LogP contribution in [0.5, 0.6) is 0 Å². The Morgan fingerprint density at radius 1 is 1.58 bits per heavy atom. The normalized spacial score (nSPS) is 9.42. The lowest BCUT2D eigenvalue weighted by Crippen LogP contribution is -2.09. The van der Waals surface area contributed by atoms with Crippen molar-refractivity contribution in [3.63, 3.8) is 0 Å². The predicted molar refractivity (Wildman–Crippen MR) is 42.5 cm³/mol. The third kappa shape index (κ3) is 1.63. The highest BCUT2D eigenvalue weighted by atomic mass is 19.1. The van der Waals surface area contributed by atoms with Crippen LogP contribution in [-0.4, -0.2) is 11.2 Å². The molecule has 4 N–H and O–H groups in total. The van der Waals surface area contributed by atoms with Gasteiger partial charge in [-0.2, -0.15) is 0 Å². The summed E-state index contributed by atoms with van der Waals surface area (Å²) in [5, 5.41) is 10.1. The highest BCUT2D eigenvalue weighted by molar-refractivity contribution is 5.83. The van der Waals surface area contributed by atoms with Gasteiger partial charge in [0.25, 0.3) is 0 Å². The van der Waals surface area contributed by atoms with Gasteiger partial charge in [-0.1, -0.05) is 6.07 Å². The smallest absolute Gasteiger partial charge is 0.409 e. The molecular formula is C7H7FN2O2. The molecule has 0 bridgehead atoms. The predicted octanol–water partition coefficient (Wildman–Crippen LogP) is 1.50. The van der Waals surface area contributed by atoms with Crippen molar-refractivity contribution >= 4 is 17.5 Å². The van der Waals surface area contributed by atoms with Crippen LogP contribution >= 0.6 is 0 Å². The molecule has 4 nitrogen and oxygen atoms in total. The van der Waals surface area contributed by atoms with Crippen LogP contribution < -0.4 is 11.1 Å². The summed E-state index contributed by atoms with van der Waals surface area (Å²) in [5.74, 6) is -0.750. The van der Waals surface area contributed by atoms with Gasteiger partial charge in [-0.25, -0.2) is 9.18 Å². The Hall–Kier alpha value is -1.78. The van der Waals surface area contributed by atoms with Gasteiger partial charge in [-0.15, -0.1) is 0 Å². The minimum atomic E-state index is -1.32. The summed E-state index contributed by atoms with van der Waals surface area (Å²) in [6, 6.07) is 4.10. The molecule has 12 heavy (non-hydrogen) atoms. The molecule has 0 aliphatic heterocycles. The van der Waals surface area contributed by atoms with Crippen LogP contribution in [0.4, 0.5) is 20.6 Å². The van der Waals surface area contributed by atoms with E-state index in [4.69, 9.17) is 10.8 Å². The summed E-state index contributed by atoms with van der Waals surface area (Å²) in [5.41, 5.74) is 4.97. The van der Waals surface area contributed by atoms with Crippen molar-refractivity contribution in [2.75, 3.05) is 11.1 Å². The van der Waals surface area contributed by atoms with Crippen LogP contribution in [0.3, 0.4) is 0 Å². The van der Waals surface area contributed by atoms with E-state index >= 15 is 0 Å². The van der Waals surface area contributed by atoms with Crippen molar-refractivity contribution in [1.29, 1.82) is 0 Å². The molecule has 1 rings (SSSR count). The number of halogens is 1. The molecule has 1 aromatic rings. The maximum atomic E-state index is 12.9. The SMILES string of the molecule is Nc1cccc(NC(=O)O)c1F. The number of nitrogens with one attached hydrogen (secondary N) is 1. The first kappa shape index (κ1) is 8.32. The molecule has 0 aromatic heterocycles. The molecule has 0 spiro atoms. The largest absolute Gasteiger partial charge is 0.465 e. The summed E-state index contributed by atoms with van der Waals surface area (Å²) >= 11 is 0. The number of carboxylic acid groups (broad SMARTS) is 1. The standard InChI is InChI=1S/C7H7FN2O2/c8-6-4(9)2-1-3-5(6)10-7(11)12/h1-3,10H,9H2,(H,11,12). The fourth-order valence-corrected chi connectivity index (χ4v) is 0.762. The molecule has 64 valence electrons. The first-order valence-corrected chi connectivity index (χ1v) is 3.15. The number of rotatable bonds is 1. The first-order chi connectivity index (χ1) is 5.61. The Balaban J connectivity index is 3.00. The number of benzene rings is 1. The molecule has 0 radical (unpaired) electrons. The van der Waals surface area contributed by atoms with E-state index in [1.165, 1.54) is 18.2 Å². The summed E-state index contributed by atoms with van der Waals surface area (Å²) in [6.07, 6.45) is -1.32. The molecular weight excluding hydrogens is 163 g/mol. The van der Waals surface area contributed by atoms with Crippen molar-refractivity contribution in [3.05, 3.63) is 24.0 Å². The number of hydrogen-bond acceptors (Lipinski definition) is 2. The Morgan fingerprint density at radius 3 is 2.83 bits per heavy atom. The van der Waals surface area contributed by atoms with Gasteiger partial charge >= 0.3 is 6.09 Å². The highest BCUT2D eigenvalue weighted by Crippen LogP contribution is 2.18. The average Bonchev–Trinajstić information content (AvgIpc) is 1.98. The zero-order chi connectivity index (χ0) is 9.14. The van der Waals surface area contributed by atoms with E-state index in [2.05, 4.69) is 0 Å². The van der Waals surface area contributed by atoms with E-state index in [0.717, 1.165) is 0 Å². The minimum Gasteiger partial charge on any atom is -0.465 e. The van der Waals surface area contributed by atoms with Gasteiger partial charge in [0.05, 0.1) is 11.4 Å². The number of nitrogens with two attached hydrogens (primary N) is 1. The first-order valence-electron chi connectivity index (χ1n) is 3.15. The minimum absolute atomic E-state index is 0.0822. The van der Waals surface area contributed by atoms with Crippen LogP contribution in [0, 0.1) is 5.82 Å². The lowest BCUT2D eigenvalue weighted by molar-refractivity contribution is 0.209. The maximum Gasteiger partial charge on any atom is 0.409 e.